The molecular formula is C10H23N3. The summed E-state index contributed by atoms with van der Waals surface area (Å²) in [5, 5.41) is 1.70. The lowest BCUT2D eigenvalue weighted by Gasteiger charge is -2.20. The smallest absolute Gasteiger partial charge is 0.114 e. The topological polar surface area (TPSA) is 41.6 Å². The molecule has 1 unspecified atom stereocenters. The second kappa shape index (κ2) is 7.04. The Bertz CT molecular complexity index is 146. The summed E-state index contributed by atoms with van der Waals surface area (Å²) in [6, 6.07) is 0. The summed E-state index contributed by atoms with van der Waals surface area (Å²) < 4.78 is 0. The van der Waals surface area contributed by atoms with Crippen molar-refractivity contribution in [1.29, 1.82) is 0 Å². The molecule has 0 heterocycles. The Balaban J connectivity index is 4.27. The van der Waals surface area contributed by atoms with Crippen molar-refractivity contribution in [1.82, 2.24) is 5.01 Å². The zero-order valence-corrected chi connectivity index (χ0v) is 9.38. The van der Waals surface area contributed by atoms with Gasteiger partial charge in [0, 0.05) is 12.8 Å². The van der Waals surface area contributed by atoms with Gasteiger partial charge in [0.05, 0.1) is 0 Å². The highest BCUT2D eigenvalue weighted by molar-refractivity contribution is 5.84. The van der Waals surface area contributed by atoms with Crippen LogP contribution in [0.2, 0.25) is 0 Å². The predicted octanol–water partition coefficient (Wildman–Crippen LogP) is 2.18. The van der Waals surface area contributed by atoms with Gasteiger partial charge in [0.1, 0.15) is 6.17 Å². The Labute approximate surface area is 82.0 Å². The van der Waals surface area contributed by atoms with E-state index in [1.807, 2.05) is 7.05 Å². The highest BCUT2D eigenvalue weighted by atomic mass is 15.4. The number of rotatable bonds is 6. The molecule has 0 rings (SSSR count). The Morgan fingerprint density at radius 1 is 1.31 bits per heavy atom. The molecule has 0 aromatic heterocycles. The zero-order chi connectivity index (χ0) is 10.3. The first-order chi connectivity index (χ1) is 6.15. The van der Waals surface area contributed by atoms with Gasteiger partial charge in [0.15, 0.2) is 0 Å². The molecule has 0 aliphatic heterocycles. The van der Waals surface area contributed by atoms with Gasteiger partial charge in [-0.1, -0.05) is 27.2 Å². The molecule has 0 aliphatic rings. The van der Waals surface area contributed by atoms with Gasteiger partial charge in [0.2, 0.25) is 0 Å². The molecule has 3 nitrogen and oxygen atoms in total. The first kappa shape index (κ1) is 12.6. The van der Waals surface area contributed by atoms with Gasteiger partial charge < -0.3 is 0 Å². The van der Waals surface area contributed by atoms with E-state index in [1.165, 1.54) is 5.71 Å². The first-order valence-electron chi connectivity index (χ1n) is 5.18. The van der Waals surface area contributed by atoms with Crippen LogP contribution in [-0.2, 0) is 0 Å². The lowest BCUT2D eigenvalue weighted by molar-refractivity contribution is 0.242. The fourth-order valence-corrected chi connectivity index (χ4v) is 1.26. The van der Waals surface area contributed by atoms with Crippen LogP contribution in [0.1, 0.15) is 46.5 Å². The van der Waals surface area contributed by atoms with Crippen molar-refractivity contribution in [2.24, 2.45) is 10.8 Å². The Hall–Kier alpha value is -0.410. The highest BCUT2D eigenvalue weighted by Gasteiger charge is 2.08. The van der Waals surface area contributed by atoms with Crippen LogP contribution in [0.4, 0.5) is 0 Å². The molecular weight excluding hydrogens is 162 g/mol. The monoisotopic (exact) mass is 185 g/mol. The van der Waals surface area contributed by atoms with E-state index in [1.54, 1.807) is 5.01 Å². The summed E-state index contributed by atoms with van der Waals surface area (Å²) in [6.07, 6.45) is 4.39. The van der Waals surface area contributed by atoms with E-state index in [2.05, 4.69) is 25.8 Å². The average Bonchev–Trinajstić information content (AvgIpc) is 2.11. The highest BCUT2D eigenvalue weighted by Crippen LogP contribution is 2.05. The summed E-state index contributed by atoms with van der Waals surface area (Å²) in [5.41, 5.74) is 1.26. The third-order valence-electron chi connectivity index (χ3n) is 2.16. The second-order valence-corrected chi connectivity index (χ2v) is 3.34. The van der Waals surface area contributed by atoms with Gasteiger partial charge in [-0.2, -0.15) is 0 Å². The lowest BCUT2D eigenvalue weighted by atomic mass is 10.2. The maximum atomic E-state index is 5.71. The van der Waals surface area contributed by atoms with Gasteiger partial charge in [-0.15, -0.1) is 0 Å². The minimum Gasteiger partial charge on any atom is -0.274 e. The molecule has 0 aliphatic carbocycles. The van der Waals surface area contributed by atoms with Crippen molar-refractivity contribution in [3.63, 3.8) is 0 Å². The van der Waals surface area contributed by atoms with E-state index in [0.29, 0.717) is 0 Å². The molecule has 0 aromatic carbocycles. The largest absolute Gasteiger partial charge is 0.274 e. The van der Waals surface area contributed by atoms with Crippen molar-refractivity contribution >= 4 is 5.71 Å². The fourth-order valence-electron chi connectivity index (χ4n) is 1.26. The van der Waals surface area contributed by atoms with Gasteiger partial charge in [0.25, 0.3) is 0 Å². The van der Waals surface area contributed by atoms with Crippen LogP contribution >= 0.6 is 0 Å². The molecule has 0 saturated carbocycles. The van der Waals surface area contributed by atoms with Gasteiger partial charge >= 0.3 is 0 Å². The Morgan fingerprint density at radius 2 is 1.85 bits per heavy atom. The van der Waals surface area contributed by atoms with E-state index < -0.39 is 0 Å². The molecule has 3 heteroatoms. The van der Waals surface area contributed by atoms with Crippen LogP contribution in [0.25, 0.3) is 0 Å². The summed E-state index contributed by atoms with van der Waals surface area (Å²) in [7, 11) is 1.88. The Morgan fingerprint density at radius 3 is 2.15 bits per heavy atom. The van der Waals surface area contributed by atoms with Gasteiger partial charge in [-0.3, -0.25) is 10.8 Å². The second-order valence-electron chi connectivity index (χ2n) is 3.34. The quantitative estimate of drug-likeness (QED) is 0.391. The van der Waals surface area contributed by atoms with E-state index in [0.717, 1.165) is 25.7 Å². The van der Waals surface area contributed by atoms with Crippen LogP contribution in [0.15, 0.2) is 4.99 Å². The van der Waals surface area contributed by atoms with Crippen LogP contribution in [0.3, 0.4) is 0 Å². The molecule has 0 spiro atoms. The normalized spacial score (nSPS) is 13.1. The fraction of sp³-hybridized carbons (Fsp3) is 0.900. The van der Waals surface area contributed by atoms with Crippen molar-refractivity contribution in [2.75, 3.05) is 7.05 Å². The van der Waals surface area contributed by atoms with Crippen molar-refractivity contribution in [3.8, 4) is 0 Å². The standard InChI is InChI=1S/C10H23N3/c1-5-8-10(13(4)11)12-9(6-2)7-3/h10H,5-8,11H2,1-4H3. The minimum atomic E-state index is 0.167. The van der Waals surface area contributed by atoms with E-state index >= 15 is 0 Å². The van der Waals surface area contributed by atoms with Crippen LogP contribution < -0.4 is 5.84 Å². The van der Waals surface area contributed by atoms with Crippen LogP contribution in [-0.4, -0.2) is 23.9 Å². The summed E-state index contributed by atoms with van der Waals surface area (Å²) in [4.78, 5) is 4.62. The maximum Gasteiger partial charge on any atom is 0.114 e. The molecule has 2 N–H and O–H groups in total. The van der Waals surface area contributed by atoms with E-state index in [9.17, 15) is 0 Å². The molecule has 0 fully saturated rings. The van der Waals surface area contributed by atoms with Crippen molar-refractivity contribution in [3.05, 3.63) is 0 Å². The maximum absolute atomic E-state index is 5.71. The Kier molecular flexibility index (Phi) is 6.82. The molecule has 0 radical (unpaired) electrons. The molecule has 1 atom stereocenters. The minimum absolute atomic E-state index is 0.167. The first-order valence-corrected chi connectivity index (χ1v) is 5.18. The summed E-state index contributed by atoms with van der Waals surface area (Å²) in [5.74, 6) is 5.71. The SMILES string of the molecule is CCCC(N=C(CC)CC)N(C)N. The third-order valence-corrected chi connectivity index (χ3v) is 2.16. The van der Waals surface area contributed by atoms with E-state index in [-0.39, 0.29) is 6.17 Å². The van der Waals surface area contributed by atoms with E-state index in [4.69, 9.17) is 5.84 Å². The molecule has 0 amide bonds. The molecule has 0 aromatic rings. The number of nitrogens with zero attached hydrogens (tertiary/aromatic N) is 2. The number of hydrogen-bond acceptors (Lipinski definition) is 3. The summed E-state index contributed by atoms with van der Waals surface area (Å²) in [6.45, 7) is 6.44. The van der Waals surface area contributed by atoms with Crippen molar-refractivity contribution < 1.29 is 0 Å². The zero-order valence-electron chi connectivity index (χ0n) is 9.38. The predicted molar refractivity (Wildman–Crippen MR) is 58.7 cm³/mol. The number of nitrogens with two attached hydrogens (primary N) is 1. The molecule has 0 saturated heterocycles. The lowest BCUT2D eigenvalue weighted by Crippen LogP contribution is -2.36. The van der Waals surface area contributed by atoms with Gasteiger partial charge in [-0.25, -0.2) is 5.01 Å². The summed E-state index contributed by atoms with van der Waals surface area (Å²) >= 11 is 0. The number of hydrazine groups is 1. The number of hydrogen-bond donors (Lipinski definition) is 1. The van der Waals surface area contributed by atoms with Gasteiger partial charge in [-0.05, 0) is 19.3 Å². The number of aliphatic imine (C=N–C) groups is 1. The van der Waals surface area contributed by atoms with Crippen molar-refractivity contribution in [2.45, 2.75) is 52.6 Å². The molecule has 78 valence electrons. The van der Waals surface area contributed by atoms with Crippen LogP contribution in [0, 0.1) is 0 Å². The molecule has 13 heavy (non-hydrogen) atoms. The third kappa shape index (κ3) is 5.01. The van der Waals surface area contributed by atoms with Crippen LogP contribution in [0.5, 0.6) is 0 Å². The molecule has 0 bridgehead atoms. The average molecular weight is 185 g/mol.